The lowest BCUT2D eigenvalue weighted by Crippen LogP contribution is -2.19. The third-order valence-corrected chi connectivity index (χ3v) is 4.64. The summed E-state index contributed by atoms with van der Waals surface area (Å²) in [6.45, 7) is 4.87. The number of aryl methyl sites for hydroxylation is 1. The lowest BCUT2D eigenvalue weighted by molar-refractivity contribution is 0.403. The van der Waals surface area contributed by atoms with Gasteiger partial charge in [0.15, 0.2) is 0 Å². The van der Waals surface area contributed by atoms with E-state index in [2.05, 4.69) is 37.3 Å². The minimum Gasteiger partial charge on any atom is -0.480 e. The molecule has 1 aliphatic heterocycles. The largest absolute Gasteiger partial charge is 0.480 e. The number of nitrogens with zero attached hydrogens (tertiary/aromatic N) is 4. The quantitative estimate of drug-likeness (QED) is 0.760. The Hall–Kier alpha value is -2.89. The summed E-state index contributed by atoms with van der Waals surface area (Å²) in [5, 5.41) is 4.24. The standard InChI is InChI=1S/C20H23N5O/c1-14-11-15(12-18(22-14)25-9-5-6-10-25)13-21-20-23-17-8-4-3-7-16(17)19(24-20)26-2/h3-4,7-8,11-12H,5-6,9-10,13H2,1-2H3,(H,21,23,24). The Morgan fingerprint density at radius 1 is 1.08 bits per heavy atom. The molecule has 0 bridgehead atoms. The van der Waals surface area contributed by atoms with Crippen LogP contribution in [0, 0.1) is 6.92 Å². The van der Waals surface area contributed by atoms with Gasteiger partial charge in [-0.3, -0.25) is 0 Å². The van der Waals surface area contributed by atoms with Gasteiger partial charge in [0.2, 0.25) is 11.8 Å². The highest BCUT2D eigenvalue weighted by Gasteiger charge is 2.14. The number of rotatable bonds is 5. The van der Waals surface area contributed by atoms with Crippen molar-refractivity contribution in [2.75, 3.05) is 30.4 Å². The number of fused-ring (bicyclic) bond motifs is 1. The number of aromatic nitrogens is 3. The first-order chi connectivity index (χ1) is 12.7. The topological polar surface area (TPSA) is 63.2 Å². The number of benzene rings is 1. The smallest absolute Gasteiger partial charge is 0.226 e. The van der Waals surface area contributed by atoms with Gasteiger partial charge in [0, 0.05) is 25.3 Å². The first-order valence-electron chi connectivity index (χ1n) is 9.00. The minimum atomic E-state index is 0.567. The van der Waals surface area contributed by atoms with Gasteiger partial charge in [0.1, 0.15) is 5.82 Å². The molecule has 6 nitrogen and oxygen atoms in total. The van der Waals surface area contributed by atoms with Crippen molar-refractivity contribution in [3.8, 4) is 5.88 Å². The van der Waals surface area contributed by atoms with Crippen molar-refractivity contribution in [2.45, 2.75) is 26.3 Å². The number of ether oxygens (including phenoxy) is 1. The predicted octanol–water partition coefficient (Wildman–Crippen LogP) is 3.55. The summed E-state index contributed by atoms with van der Waals surface area (Å²) in [6, 6.07) is 12.1. The van der Waals surface area contributed by atoms with Crippen molar-refractivity contribution in [3.63, 3.8) is 0 Å². The molecule has 3 heterocycles. The molecule has 1 N–H and O–H groups in total. The summed E-state index contributed by atoms with van der Waals surface area (Å²) in [6.07, 6.45) is 2.49. The molecule has 1 aromatic carbocycles. The molecule has 6 heteroatoms. The summed E-state index contributed by atoms with van der Waals surface area (Å²) in [5.41, 5.74) is 3.07. The van der Waals surface area contributed by atoms with Gasteiger partial charge < -0.3 is 15.0 Å². The molecule has 134 valence electrons. The first-order valence-corrected chi connectivity index (χ1v) is 9.00. The number of nitrogens with one attached hydrogen (secondary N) is 1. The van der Waals surface area contributed by atoms with Crippen molar-refractivity contribution < 1.29 is 4.74 Å². The first kappa shape index (κ1) is 16.6. The Bertz CT molecular complexity index is 921. The highest BCUT2D eigenvalue weighted by molar-refractivity contribution is 5.84. The van der Waals surface area contributed by atoms with Gasteiger partial charge in [-0.1, -0.05) is 12.1 Å². The summed E-state index contributed by atoms with van der Waals surface area (Å²) in [5.74, 6) is 2.22. The number of pyridine rings is 1. The molecule has 0 saturated carbocycles. The zero-order valence-corrected chi connectivity index (χ0v) is 15.2. The maximum absolute atomic E-state index is 5.42. The summed E-state index contributed by atoms with van der Waals surface area (Å²) in [4.78, 5) is 16.1. The average molecular weight is 349 g/mol. The van der Waals surface area contributed by atoms with E-state index in [0.29, 0.717) is 18.4 Å². The maximum Gasteiger partial charge on any atom is 0.226 e. The van der Waals surface area contributed by atoms with E-state index in [1.807, 2.05) is 31.2 Å². The van der Waals surface area contributed by atoms with Gasteiger partial charge in [0.05, 0.1) is 18.0 Å². The second kappa shape index (κ2) is 7.15. The number of anilines is 2. The van der Waals surface area contributed by atoms with Crippen LogP contribution in [0.2, 0.25) is 0 Å². The van der Waals surface area contributed by atoms with Crippen LogP contribution in [-0.2, 0) is 6.54 Å². The zero-order chi connectivity index (χ0) is 17.9. The van der Waals surface area contributed by atoms with Gasteiger partial charge in [0.25, 0.3) is 0 Å². The van der Waals surface area contributed by atoms with Gasteiger partial charge in [-0.2, -0.15) is 4.98 Å². The molecule has 0 atom stereocenters. The average Bonchev–Trinajstić information content (AvgIpc) is 3.20. The molecule has 0 spiro atoms. The minimum absolute atomic E-state index is 0.567. The highest BCUT2D eigenvalue weighted by Crippen LogP contribution is 2.24. The van der Waals surface area contributed by atoms with E-state index in [1.165, 1.54) is 18.4 Å². The van der Waals surface area contributed by atoms with Gasteiger partial charge in [-0.15, -0.1) is 0 Å². The van der Waals surface area contributed by atoms with Crippen LogP contribution in [0.3, 0.4) is 0 Å². The monoisotopic (exact) mass is 349 g/mol. The fourth-order valence-corrected chi connectivity index (χ4v) is 3.39. The molecule has 0 amide bonds. The second-order valence-corrected chi connectivity index (χ2v) is 6.60. The molecule has 1 fully saturated rings. The summed E-state index contributed by atoms with van der Waals surface area (Å²) < 4.78 is 5.42. The van der Waals surface area contributed by atoms with Crippen LogP contribution in [0.1, 0.15) is 24.1 Å². The van der Waals surface area contributed by atoms with Crippen LogP contribution in [0.5, 0.6) is 5.88 Å². The number of para-hydroxylation sites is 1. The van der Waals surface area contributed by atoms with E-state index >= 15 is 0 Å². The number of methoxy groups -OCH3 is 1. The molecular weight excluding hydrogens is 326 g/mol. The molecule has 26 heavy (non-hydrogen) atoms. The fourth-order valence-electron chi connectivity index (χ4n) is 3.39. The Labute approximate surface area is 153 Å². The maximum atomic E-state index is 5.42. The van der Waals surface area contributed by atoms with E-state index in [0.717, 1.165) is 35.5 Å². The second-order valence-electron chi connectivity index (χ2n) is 6.60. The molecule has 0 unspecified atom stereocenters. The molecule has 2 aromatic heterocycles. The third kappa shape index (κ3) is 3.40. The van der Waals surface area contributed by atoms with Crippen molar-refractivity contribution in [1.82, 2.24) is 15.0 Å². The Morgan fingerprint density at radius 3 is 2.69 bits per heavy atom. The molecule has 4 rings (SSSR count). The number of hydrogen-bond acceptors (Lipinski definition) is 6. The normalized spacial score (nSPS) is 14.0. The molecular formula is C20H23N5O. The fraction of sp³-hybridized carbons (Fsp3) is 0.350. The van der Waals surface area contributed by atoms with Crippen LogP contribution in [-0.4, -0.2) is 35.2 Å². The van der Waals surface area contributed by atoms with Gasteiger partial charge in [-0.05, 0) is 49.6 Å². The summed E-state index contributed by atoms with van der Waals surface area (Å²) >= 11 is 0. The highest BCUT2D eigenvalue weighted by atomic mass is 16.5. The van der Waals surface area contributed by atoms with Crippen LogP contribution in [0.15, 0.2) is 36.4 Å². The Balaban J connectivity index is 1.56. The van der Waals surface area contributed by atoms with Crippen LogP contribution in [0.4, 0.5) is 11.8 Å². The van der Waals surface area contributed by atoms with E-state index in [1.54, 1.807) is 7.11 Å². The summed E-state index contributed by atoms with van der Waals surface area (Å²) in [7, 11) is 1.63. The lowest BCUT2D eigenvalue weighted by Gasteiger charge is -2.18. The molecule has 3 aromatic rings. The Morgan fingerprint density at radius 2 is 1.88 bits per heavy atom. The van der Waals surface area contributed by atoms with E-state index in [4.69, 9.17) is 4.74 Å². The zero-order valence-electron chi connectivity index (χ0n) is 15.2. The van der Waals surface area contributed by atoms with Crippen LogP contribution in [0.25, 0.3) is 10.9 Å². The molecule has 1 aliphatic rings. The predicted molar refractivity (Wildman–Crippen MR) is 104 cm³/mol. The third-order valence-electron chi connectivity index (χ3n) is 4.64. The van der Waals surface area contributed by atoms with Crippen molar-refractivity contribution in [3.05, 3.63) is 47.7 Å². The van der Waals surface area contributed by atoms with E-state index in [9.17, 15) is 0 Å². The number of hydrogen-bond donors (Lipinski definition) is 1. The SMILES string of the molecule is COc1nc(NCc2cc(C)nc(N3CCCC3)c2)nc2ccccc12. The lowest BCUT2D eigenvalue weighted by atomic mass is 10.2. The molecule has 0 aliphatic carbocycles. The van der Waals surface area contributed by atoms with E-state index in [-0.39, 0.29) is 0 Å². The Kier molecular flexibility index (Phi) is 4.56. The van der Waals surface area contributed by atoms with Crippen LogP contribution < -0.4 is 15.0 Å². The van der Waals surface area contributed by atoms with Crippen molar-refractivity contribution >= 4 is 22.7 Å². The van der Waals surface area contributed by atoms with Crippen molar-refractivity contribution in [1.29, 1.82) is 0 Å². The van der Waals surface area contributed by atoms with Crippen molar-refractivity contribution in [2.24, 2.45) is 0 Å². The molecule has 1 saturated heterocycles. The van der Waals surface area contributed by atoms with Gasteiger partial charge >= 0.3 is 0 Å². The van der Waals surface area contributed by atoms with E-state index < -0.39 is 0 Å². The van der Waals surface area contributed by atoms with Gasteiger partial charge in [-0.25, -0.2) is 9.97 Å². The molecule has 0 radical (unpaired) electrons. The van der Waals surface area contributed by atoms with Crippen LogP contribution >= 0.6 is 0 Å².